The number of rotatable bonds is 8. The predicted molar refractivity (Wildman–Crippen MR) is 81.7 cm³/mol. The molecule has 2 unspecified atom stereocenters. The van der Waals surface area contributed by atoms with Gasteiger partial charge in [0.25, 0.3) is 0 Å². The van der Waals surface area contributed by atoms with Gasteiger partial charge in [-0.1, -0.05) is 39.5 Å². The third-order valence-corrected chi connectivity index (χ3v) is 4.04. The standard InChI is InChI=1S/C15H25BrN2/c1-4-6-7-12(5-2)10-15(17-3)14-9-8-13(16)11-18-14/h8-9,11-12,15,17H,4-7,10H2,1-3H3. The van der Waals surface area contributed by atoms with Crippen molar-refractivity contribution in [3.8, 4) is 0 Å². The number of pyridine rings is 1. The van der Waals surface area contributed by atoms with Gasteiger partial charge in [0.1, 0.15) is 0 Å². The molecule has 0 radical (unpaired) electrons. The molecular formula is C15H25BrN2. The SMILES string of the molecule is CCCCC(CC)CC(NC)c1ccc(Br)cn1. The molecule has 3 heteroatoms. The van der Waals surface area contributed by atoms with Crippen molar-refractivity contribution < 1.29 is 0 Å². The highest BCUT2D eigenvalue weighted by molar-refractivity contribution is 9.10. The molecule has 0 aromatic carbocycles. The molecule has 18 heavy (non-hydrogen) atoms. The van der Waals surface area contributed by atoms with Crippen LogP contribution in [0.2, 0.25) is 0 Å². The summed E-state index contributed by atoms with van der Waals surface area (Å²) in [7, 11) is 2.03. The van der Waals surface area contributed by atoms with Gasteiger partial charge in [-0.3, -0.25) is 4.98 Å². The number of hydrogen-bond donors (Lipinski definition) is 1. The molecule has 1 heterocycles. The first kappa shape index (κ1) is 15.6. The Labute approximate surface area is 120 Å². The summed E-state index contributed by atoms with van der Waals surface area (Å²) in [6.45, 7) is 4.56. The van der Waals surface area contributed by atoms with Crippen molar-refractivity contribution in [3.63, 3.8) is 0 Å². The molecular weight excluding hydrogens is 288 g/mol. The lowest BCUT2D eigenvalue weighted by molar-refractivity contribution is 0.361. The fraction of sp³-hybridized carbons (Fsp3) is 0.667. The second kappa shape index (κ2) is 8.65. The van der Waals surface area contributed by atoms with Crippen LogP contribution >= 0.6 is 15.9 Å². The Hall–Kier alpha value is -0.410. The van der Waals surface area contributed by atoms with E-state index in [1.165, 1.54) is 32.1 Å². The molecule has 1 aromatic rings. The van der Waals surface area contributed by atoms with E-state index in [9.17, 15) is 0 Å². The molecule has 0 saturated carbocycles. The lowest BCUT2D eigenvalue weighted by Crippen LogP contribution is -2.21. The minimum absolute atomic E-state index is 0.375. The van der Waals surface area contributed by atoms with Gasteiger partial charge in [0.05, 0.1) is 5.69 Å². The minimum Gasteiger partial charge on any atom is -0.312 e. The fourth-order valence-corrected chi connectivity index (χ4v) is 2.53. The molecule has 1 rings (SSSR count). The molecule has 2 atom stereocenters. The number of nitrogens with zero attached hydrogens (tertiary/aromatic N) is 1. The first-order chi connectivity index (χ1) is 8.71. The maximum atomic E-state index is 4.51. The Bertz CT molecular complexity index is 324. The molecule has 0 fully saturated rings. The van der Waals surface area contributed by atoms with Crippen LogP contribution < -0.4 is 5.32 Å². The molecule has 0 spiro atoms. The highest BCUT2D eigenvalue weighted by Gasteiger charge is 2.16. The first-order valence-electron chi connectivity index (χ1n) is 6.99. The smallest absolute Gasteiger partial charge is 0.0574 e. The lowest BCUT2D eigenvalue weighted by atomic mass is 9.91. The van der Waals surface area contributed by atoms with Gasteiger partial charge in [-0.2, -0.15) is 0 Å². The molecule has 0 aliphatic rings. The van der Waals surface area contributed by atoms with Crippen LogP contribution in [0.3, 0.4) is 0 Å². The number of halogens is 1. The molecule has 0 aliphatic heterocycles. The quantitative estimate of drug-likeness (QED) is 0.752. The fourth-order valence-electron chi connectivity index (χ4n) is 2.29. The second-order valence-corrected chi connectivity index (χ2v) is 5.81. The highest BCUT2D eigenvalue weighted by Crippen LogP contribution is 2.26. The van der Waals surface area contributed by atoms with Gasteiger partial charge in [0.2, 0.25) is 0 Å². The van der Waals surface area contributed by atoms with Crippen LogP contribution in [0.5, 0.6) is 0 Å². The van der Waals surface area contributed by atoms with Gasteiger partial charge < -0.3 is 5.32 Å². The zero-order chi connectivity index (χ0) is 13.4. The molecule has 102 valence electrons. The Balaban J connectivity index is 2.62. The average Bonchev–Trinajstić information content (AvgIpc) is 2.40. The molecule has 2 nitrogen and oxygen atoms in total. The first-order valence-corrected chi connectivity index (χ1v) is 7.79. The maximum Gasteiger partial charge on any atom is 0.0574 e. The van der Waals surface area contributed by atoms with Crippen LogP contribution in [0.15, 0.2) is 22.8 Å². The van der Waals surface area contributed by atoms with E-state index in [1.54, 1.807) is 0 Å². The molecule has 1 N–H and O–H groups in total. The summed E-state index contributed by atoms with van der Waals surface area (Å²) in [6.07, 6.45) is 8.28. The predicted octanol–water partition coefficient (Wildman–Crippen LogP) is 4.71. The number of hydrogen-bond acceptors (Lipinski definition) is 2. The van der Waals surface area contributed by atoms with Crippen LogP contribution in [-0.2, 0) is 0 Å². The largest absolute Gasteiger partial charge is 0.312 e. The number of unbranched alkanes of at least 4 members (excludes halogenated alkanes) is 1. The third kappa shape index (κ3) is 5.07. The maximum absolute atomic E-state index is 4.51. The Kier molecular flexibility index (Phi) is 7.52. The Morgan fingerprint density at radius 2 is 2.11 bits per heavy atom. The zero-order valence-electron chi connectivity index (χ0n) is 11.7. The molecule has 1 aromatic heterocycles. The number of aromatic nitrogens is 1. The van der Waals surface area contributed by atoms with Crippen molar-refractivity contribution in [1.29, 1.82) is 0 Å². The van der Waals surface area contributed by atoms with E-state index in [0.717, 1.165) is 16.1 Å². The second-order valence-electron chi connectivity index (χ2n) is 4.89. The van der Waals surface area contributed by atoms with Crippen molar-refractivity contribution in [2.75, 3.05) is 7.05 Å². The highest BCUT2D eigenvalue weighted by atomic mass is 79.9. The van der Waals surface area contributed by atoms with Gasteiger partial charge in [0.15, 0.2) is 0 Å². The zero-order valence-corrected chi connectivity index (χ0v) is 13.3. The molecule has 0 bridgehead atoms. The number of nitrogens with one attached hydrogen (secondary N) is 1. The van der Waals surface area contributed by atoms with E-state index < -0.39 is 0 Å². The van der Waals surface area contributed by atoms with E-state index in [0.29, 0.717) is 6.04 Å². The molecule has 0 aliphatic carbocycles. The van der Waals surface area contributed by atoms with E-state index in [2.05, 4.69) is 52.2 Å². The normalized spacial score (nSPS) is 14.4. The Morgan fingerprint density at radius 1 is 1.33 bits per heavy atom. The van der Waals surface area contributed by atoms with Crippen LogP contribution in [0.4, 0.5) is 0 Å². The third-order valence-electron chi connectivity index (χ3n) is 3.57. The molecule has 0 saturated heterocycles. The van der Waals surface area contributed by atoms with Crippen molar-refractivity contribution in [2.45, 2.75) is 52.0 Å². The average molecular weight is 313 g/mol. The monoisotopic (exact) mass is 312 g/mol. The van der Waals surface area contributed by atoms with E-state index >= 15 is 0 Å². The summed E-state index contributed by atoms with van der Waals surface area (Å²) >= 11 is 3.43. The summed E-state index contributed by atoms with van der Waals surface area (Å²) < 4.78 is 1.04. The van der Waals surface area contributed by atoms with Crippen molar-refractivity contribution in [1.82, 2.24) is 10.3 Å². The lowest BCUT2D eigenvalue weighted by Gasteiger charge is -2.22. The van der Waals surface area contributed by atoms with Gasteiger partial charge in [-0.25, -0.2) is 0 Å². The van der Waals surface area contributed by atoms with Crippen molar-refractivity contribution in [3.05, 3.63) is 28.5 Å². The van der Waals surface area contributed by atoms with Gasteiger partial charge in [-0.15, -0.1) is 0 Å². The van der Waals surface area contributed by atoms with E-state index in [-0.39, 0.29) is 0 Å². The van der Waals surface area contributed by atoms with Gasteiger partial charge in [-0.05, 0) is 47.4 Å². The summed E-state index contributed by atoms with van der Waals surface area (Å²) in [5, 5.41) is 3.40. The van der Waals surface area contributed by atoms with Gasteiger partial charge >= 0.3 is 0 Å². The van der Waals surface area contributed by atoms with Crippen molar-refractivity contribution >= 4 is 15.9 Å². The van der Waals surface area contributed by atoms with Crippen LogP contribution in [0, 0.1) is 5.92 Å². The van der Waals surface area contributed by atoms with Gasteiger partial charge in [0, 0.05) is 16.7 Å². The molecule has 0 amide bonds. The van der Waals surface area contributed by atoms with Crippen LogP contribution in [0.1, 0.15) is 57.7 Å². The Morgan fingerprint density at radius 3 is 2.61 bits per heavy atom. The minimum atomic E-state index is 0.375. The summed E-state index contributed by atoms with van der Waals surface area (Å²) in [4.78, 5) is 4.51. The van der Waals surface area contributed by atoms with E-state index in [4.69, 9.17) is 0 Å². The summed E-state index contributed by atoms with van der Waals surface area (Å²) in [5.41, 5.74) is 1.15. The van der Waals surface area contributed by atoms with Crippen LogP contribution in [0.25, 0.3) is 0 Å². The van der Waals surface area contributed by atoms with Crippen molar-refractivity contribution in [2.24, 2.45) is 5.92 Å². The summed E-state index contributed by atoms with van der Waals surface area (Å²) in [5.74, 6) is 0.799. The van der Waals surface area contributed by atoms with E-state index in [1.807, 2.05) is 13.2 Å². The topological polar surface area (TPSA) is 24.9 Å². The van der Waals surface area contributed by atoms with Crippen LogP contribution in [-0.4, -0.2) is 12.0 Å². The summed E-state index contributed by atoms with van der Waals surface area (Å²) in [6, 6.07) is 4.55.